The van der Waals surface area contributed by atoms with Gasteiger partial charge in [-0.15, -0.1) is 0 Å². The molecule has 19 heavy (non-hydrogen) atoms. The third-order valence-corrected chi connectivity index (χ3v) is 4.74. The summed E-state index contributed by atoms with van der Waals surface area (Å²) in [7, 11) is 0. The number of benzene rings is 1. The van der Waals surface area contributed by atoms with Gasteiger partial charge in [-0.05, 0) is 36.0 Å². The van der Waals surface area contributed by atoms with Gasteiger partial charge in [0.15, 0.2) is 0 Å². The summed E-state index contributed by atoms with van der Waals surface area (Å²) in [6.07, 6.45) is 2.57. The topological polar surface area (TPSA) is 12.5 Å². The average molecular weight is 259 g/mol. The van der Waals surface area contributed by atoms with Crippen molar-refractivity contribution < 1.29 is 4.74 Å². The number of piperidine rings is 1. The second kappa shape index (κ2) is 4.52. The number of anilines is 1. The van der Waals surface area contributed by atoms with Gasteiger partial charge in [-0.2, -0.15) is 0 Å². The van der Waals surface area contributed by atoms with Gasteiger partial charge < -0.3 is 9.64 Å². The standard InChI is InChI=1S/C17H25NO/c1-16(2,3)14-4-6-15(7-5-14)18-10-8-17(9-11-18)12-19-13-17/h4-7H,8-13H2,1-3H3. The van der Waals surface area contributed by atoms with Crippen molar-refractivity contribution in [1.82, 2.24) is 0 Å². The Morgan fingerprint density at radius 2 is 1.58 bits per heavy atom. The Bertz CT molecular complexity index is 429. The molecule has 0 bridgehead atoms. The lowest BCUT2D eigenvalue weighted by atomic mass is 9.76. The van der Waals surface area contributed by atoms with E-state index in [-0.39, 0.29) is 5.41 Å². The first-order valence-electron chi connectivity index (χ1n) is 7.42. The van der Waals surface area contributed by atoms with E-state index in [1.807, 2.05) is 0 Å². The molecule has 1 aromatic rings. The highest BCUT2D eigenvalue weighted by Gasteiger charge is 2.41. The molecule has 0 aromatic heterocycles. The van der Waals surface area contributed by atoms with E-state index in [2.05, 4.69) is 49.9 Å². The summed E-state index contributed by atoms with van der Waals surface area (Å²) in [6.45, 7) is 11.1. The number of nitrogens with zero attached hydrogens (tertiary/aromatic N) is 1. The van der Waals surface area contributed by atoms with Gasteiger partial charge in [-0.3, -0.25) is 0 Å². The van der Waals surface area contributed by atoms with E-state index in [1.165, 1.54) is 37.2 Å². The van der Waals surface area contributed by atoms with Gasteiger partial charge in [0.05, 0.1) is 13.2 Å². The van der Waals surface area contributed by atoms with Crippen LogP contribution < -0.4 is 4.90 Å². The third-order valence-electron chi connectivity index (χ3n) is 4.74. The van der Waals surface area contributed by atoms with Crippen LogP contribution >= 0.6 is 0 Å². The van der Waals surface area contributed by atoms with Gasteiger partial charge in [0.2, 0.25) is 0 Å². The van der Waals surface area contributed by atoms with Crippen LogP contribution in [-0.2, 0) is 10.2 Å². The van der Waals surface area contributed by atoms with Crippen molar-refractivity contribution in [3.63, 3.8) is 0 Å². The minimum atomic E-state index is 0.244. The van der Waals surface area contributed by atoms with Crippen molar-refractivity contribution in [1.29, 1.82) is 0 Å². The highest BCUT2D eigenvalue weighted by Crippen LogP contribution is 2.39. The maximum atomic E-state index is 5.39. The molecular weight excluding hydrogens is 234 g/mol. The van der Waals surface area contributed by atoms with Crippen LogP contribution in [0.2, 0.25) is 0 Å². The molecule has 2 aliphatic heterocycles. The summed E-state index contributed by atoms with van der Waals surface area (Å²) in [5.74, 6) is 0. The fraction of sp³-hybridized carbons (Fsp3) is 0.647. The van der Waals surface area contributed by atoms with E-state index in [0.29, 0.717) is 5.41 Å². The fourth-order valence-electron chi connectivity index (χ4n) is 3.09. The van der Waals surface area contributed by atoms with Crippen molar-refractivity contribution in [2.24, 2.45) is 5.41 Å². The highest BCUT2D eigenvalue weighted by atomic mass is 16.5. The Morgan fingerprint density at radius 1 is 1.00 bits per heavy atom. The van der Waals surface area contributed by atoms with E-state index in [0.717, 1.165) is 13.2 Å². The maximum Gasteiger partial charge on any atom is 0.0546 e. The number of hydrogen-bond donors (Lipinski definition) is 0. The first kappa shape index (κ1) is 13.0. The van der Waals surface area contributed by atoms with Crippen LogP contribution in [0.3, 0.4) is 0 Å². The zero-order chi connectivity index (χ0) is 13.5. The number of rotatable bonds is 1. The van der Waals surface area contributed by atoms with Gasteiger partial charge >= 0.3 is 0 Å². The second-order valence-corrected chi connectivity index (χ2v) is 7.28. The molecule has 0 atom stereocenters. The van der Waals surface area contributed by atoms with Crippen LogP contribution in [-0.4, -0.2) is 26.3 Å². The predicted octanol–water partition coefficient (Wildman–Crippen LogP) is 3.60. The second-order valence-electron chi connectivity index (χ2n) is 7.28. The highest BCUT2D eigenvalue weighted by molar-refractivity contribution is 5.49. The van der Waals surface area contributed by atoms with E-state index in [4.69, 9.17) is 4.74 Å². The largest absolute Gasteiger partial charge is 0.380 e. The molecular formula is C17H25NO. The molecule has 2 saturated heterocycles. The van der Waals surface area contributed by atoms with Crippen molar-refractivity contribution in [3.05, 3.63) is 29.8 Å². The molecule has 1 aromatic carbocycles. The fourth-order valence-corrected chi connectivity index (χ4v) is 3.09. The molecule has 1 spiro atoms. The van der Waals surface area contributed by atoms with Crippen LogP contribution in [0.15, 0.2) is 24.3 Å². The summed E-state index contributed by atoms with van der Waals surface area (Å²) in [6, 6.07) is 9.14. The molecule has 2 heterocycles. The molecule has 0 saturated carbocycles. The summed E-state index contributed by atoms with van der Waals surface area (Å²) in [5.41, 5.74) is 3.57. The van der Waals surface area contributed by atoms with Crippen molar-refractivity contribution in [2.75, 3.05) is 31.2 Å². The van der Waals surface area contributed by atoms with Crippen LogP contribution in [0.5, 0.6) is 0 Å². The monoisotopic (exact) mass is 259 g/mol. The minimum absolute atomic E-state index is 0.244. The lowest BCUT2D eigenvalue weighted by Gasteiger charge is -2.47. The van der Waals surface area contributed by atoms with E-state index in [1.54, 1.807) is 0 Å². The minimum Gasteiger partial charge on any atom is -0.380 e. The van der Waals surface area contributed by atoms with E-state index < -0.39 is 0 Å². The van der Waals surface area contributed by atoms with Gasteiger partial charge in [0.1, 0.15) is 0 Å². The van der Waals surface area contributed by atoms with Crippen molar-refractivity contribution in [2.45, 2.75) is 39.0 Å². The van der Waals surface area contributed by atoms with Crippen molar-refractivity contribution in [3.8, 4) is 0 Å². The Hall–Kier alpha value is -1.02. The molecule has 2 aliphatic rings. The zero-order valence-corrected chi connectivity index (χ0v) is 12.4. The Kier molecular flexibility index (Phi) is 3.09. The number of hydrogen-bond acceptors (Lipinski definition) is 2. The smallest absolute Gasteiger partial charge is 0.0546 e. The van der Waals surface area contributed by atoms with Crippen molar-refractivity contribution >= 4 is 5.69 Å². The maximum absolute atomic E-state index is 5.39. The first-order valence-corrected chi connectivity index (χ1v) is 7.42. The predicted molar refractivity (Wildman–Crippen MR) is 79.8 cm³/mol. The zero-order valence-electron chi connectivity index (χ0n) is 12.4. The molecule has 3 rings (SSSR count). The summed E-state index contributed by atoms with van der Waals surface area (Å²) >= 11 is 0. The lowest BCUT2D eigenvalue weighted by molar-refractivity contribution is -0.124. The summed E-state index contributed by atoms with van der Waals surface area (Å²) in [4.78, 5) is 2.52. The molecule has 0 radical (unpaired) electrons. The SMILES string of the molecule is CC(C)(C)c1ccc(N2CCC3(CC2)COC3)cc1. The van der Waals surface area contributed by atoms with Crippen LogP contribution in [0.25, 0.3) is 0 Å². The molecule has 0 unspecified atom stereocenters. The Morgan fingerprint density at radius 3 is 2.00 bits per heavy atom. The first-order chi connectivity index (χ1) is 8.99. The van der Waals surface area contributed by atoms with Gasteiger partial charge in [-0.1, -0.05) is 32.9 Å². The molecule has 2 nitrogen and oxygen atoms in total. The number of ether oxygens (including phenoxy) is 1. The average Bonchev–Trinajstić information content (AvgIpc) is 2.36. The summed E-state index contributed by atoms with van der Waals surface area (Å²) < 4.78 is 5.39. The van der Waals surface area contributed by atoms with Gasteiger partial charge in [0, 0.05) is 24.2 Å². The van der Waals surface area contributed by atoms with Crippen LogP contribution in [0.4, 0.5) is 5.69 Å². The summed E-state index contributed by atoms with van der Waals surface area (Å²) in [5, 5.41) is 0. The van der Waals surface area contributed by atoms with E-state index >= 15 is 0 Å². The molecule has 104 valence electrons. The quantitative estimate of drug-likeness (QED) is 0.764. The normalized spacial score (nSPS) is 22.4. The van der Waals surface area contributed by atoms with Gasteiger partial charge in [-0.25, -0.2) is 0 Å². The molecule has 0 aliphatic carbocycles. The lowest BCUT2D eigenvalue weighted by Crippen LogP contribution is -2.50. The van der Waals surface area contributed by atoms with Gasteiger partial charge in [0.25, 0.3) is 0 Å². The van der Waals surface area contributed by atoms with Crippen LogP contribution in [0, 0.1) is 5.41 Å². The molecule has 0 amide bonds. The Labute approximate surface area is 116 Å². The molecule has 2 heteroatoms. The third kappa shape index (κ3) is 2.51. The molecule has 0 N–H and O–H groups in total. The van der Waals surface area contributed by atoms with E-state index in [9.17, 15) is 0 Å². The Balaban J connectivity index is 1.67. The van der Waals surface area contributed by atoms with Crippen LogP contribution in [0.1, 0.15) is 39.2 Å². The molecule has 2 fully saturated rings.